The third-order valence-electron chi connectivity index (χ3n) is 2.90. The predicted octanol–water partition coefficient (Wildman–Crippen LogP) is 1.15. The van der Waals surface area contributed by atoms with Crippen LogP contribution in [0.4, 0.5) is 0 Å². The Kier molecular flexibility index (Phi) is 2.67. The average Bonchev–Trinajstić information content (AvgIpc) is 3.08. The largest absolute Gasteiger partial charge is 0.481 e. The van der Waals surface area contributed by atoms with Gasteiger partial charge in [-0.05, 0) is 24.5 Å². The Hall–Kier alpha value is -1.79. The first-order valence-corrected chi connectivity index (χ1v) is 5.13. The molecule has 3 heteroatoms. The molecule has 0 radical (unpaired) electrons. The number of benzene rings is 1. The van der Waals surface area contributed by atoms with Crippen LogP contribution >= 0.6 is 0 Å². The van der Waals surface area contributed by atoms with E-state index in [4.69, 9.17) is 5.11 Å². The highest BCUT2D eigenvalue weighted by Crippen LogP contribution is 2.49. The fourth-order valence-electron chi connectivity index (χ4n) is 1.87. The molecule has 0 saturated heterocycles. The minimum absolute atomic E-state index is 0.214. The summed E-state index contributed by atoms with van der Waals surface area (Å²) in [5.74, 6) is 4.57. The molecule has 82 valence electrons. The Bertz CT molecular complexity index is 475. The van der Waals surface area contributed by atoms with Crippen LogP contribution in [0, 0.1) is 11.8 Å². The SMILES string of the molecule is O=C(O)C1(c2ccccc2C#CCO)CC1. The first kappa shape index (κ1) is 10.7. The monoisotopic (exact) mass is 216 g/mol. The molecule has 0 bridgehead atoms. The van der Waals surface area contributed by atoms with Gasteiger partial charge in [0.15, 0.2) is 0 Å². The minimum atomic E-state index is -0.786. The van der Waals surface area contributed by atoms with Gasteiger partial charge in [0.2, 0.25) is 0 Å². The fraction of sp³-hybridized carbons (Fsp3) is 0.308. The van der Waals surface area contributed by atoms with Crippen LogP contribution in [-0.4, -0.2) is 22.8 Å². The molecular weight excluding hydrogens is 204 g/mol. The van der Waals surface area contributed by atoms with Crippen molar-refractivity contribution in [2.45, 2.75) is 18.3 Å². The number of hydrogen-bond acceptors (Lipinski definition) is 2. The molecule has 0 heterocycles. The van der Waals surface area contributed by atoms with Gasteiger partial charge in [-0.2, -0.15) is 0 Å². The van der Waals surface area contributed by atoms with Crippen LogP contribution in [0.25, 0.3) is 0 Å². The first-order valence-electron chi connectivity index (χ1n) is 5.13. The van der Waals surface area contributed by atoms with E-state index in [9.17, 15) is 9.90 Å². The predicted molar refractivity (Wildman–Crippen MR) is 59.0 cm³/mol. The van der Waals surface area contributed by atoms with Crippen molar-refractivity contribution in [2.24, 2.45) is 0 Å². The zero-order chi connectivity index (χ0) is 11.6. The quantitative estimate of drug-likeness (QED) is 0.729. The van der Waals surface area contributed by atoms with Gasteiger partial charge in [-0.25, -0.2) is 0 Å². The summed E-state index contributed by atoms with van der Waals surface area (Å²) in [7, 11) is 0. The third-order valence-corrected chi connectivity index (χ3v) is 2.90. The van der Waals surface area contributed by atoms with Crippen LogP contribution in [0.15, 0.2) is 24.3 Å². The van der Waals surface area contributed by atoms with Gasteiger partial charge in [0, 0.05) is 5.56 Å². The van der Waals surface area contributed by atoms with Crippen molar-refractivity contribution < 1.29 is 15.0 Å². The number of carbonyl (C=O) groups is 1. The van der Waals surface area contributed by atoms with E-state index in [0.717, 1.165) is 5.56 Å². The second kappa shape index (κ2) is 3.99. The van der Waals surface area contributed by atoms with Crippen LogP contribution in [0.5, 0.6) is 0 Å². The number of carboxylic acid groups (broad SMARTS) is 1. The van der Waals surface area contributed by atoms with Gasteiger partial charge >= 0.3 is 5.97 Å². The standard InChI is InChI=1S/C13H12O3/c14-9-3-5-10-4-1-2-6-11(10)13(7-8-13)12(15)16/h1-2,4,6,14H,7-9H2,(H,15,16). The van der Waals surface area contributed by atoms with E-state index in [2.05, 4.69) is 11.8 Å². The summed E-state index contributed by atoms with van der Waals surface area (Å²) in [5.41, 5.74) is 0.737. The Morgan fingerprint density at radius 1 is 1.38 bits per heavy atom. The minimum Gasteiger partial charge on any atom is -0.481 e. The van der Waals surface area contributed by atoms with Crippen molar-refractivity contribution in [1.82, 2.24) is 0 Å². The lowest BCUT2D eigenvalue weighted by molar-refractivity contribution is -0.140. The summed E-state index contributed by atoms with van der Waals surface area (Å²) in [6, 6.07) is 7.24. The molecule has 16 heavy (non-hydrogen) atoms. The highest BCUT2D eigenvalue weighted by Gasteiger charge is 2.52. The Labute approximate surface area is 93.7 Å². The summed E-state index contributed by atoms with van der Waals surface area (Å²) in [4.78, 5) is 11.2. The van der Waals surface area contributed by atoms with E-state index in [0.29, 0.717) is 18.4 Å². The van der Waals surface area contributed by atoms with Crippen molar-refractivity contribution in [3.8, 4) is 11.8 Å². The van der Waals surface area contributed by atoms with Crippen molar-refractivity contribution in [3.05, 3.63) is 35.4 Å². The number of hydrogen-bond donors (Lipinski definition) is 2. The summed E-state index contributed by atoms with van der Waals surface area (Å²) in [6.07, 6.45) is 1.33. The van der Waals surface area contributed by atoms with Crippen molar-refractivity contribution in [1.29, 1.82) is 0 Å². The molecule has 0 unspecified atom stereocenters. The van der Waals surface area contributed by atoms with E-state index in [1.165, 1.54) is 0 Å². The molecule has 3 nitrogen and oxygen atoms in total. The third kappa shape index (κ3) is 1.68. The molecule has 1 fully saturated rings. The average molecular weight is 216 g/mol. The van der Waals surface area contributed by atoms with Crippen molar-refractivity contribution in [3.63, 3.8) is 0 Å². The van der Waals surface area contributed by atoms with Crippen LogP contribution in [0.1, 0.15) is 24.0 Å². The Morgan fingerprint density at radius 2 is 2.06 bits per heavy atom. The maximum absolute atomic E-state index is 11.2. The lowest BCUT2D eigenvalue weighted by Gasteiger charge is -2.11. The highest BCUT2D eigenvalue weighted by atomic mass is 16.4. The molecule has 0 aromatic heterocycles. The Balaban J connectivity index is 2.45. The maximum atomic E-state index is 11.2. The van der Waals surface area contributed by atoms with Gasteiger partial charge in [0.25, 0.3) is 0 Å². The Morgan fingerprint density at radius 3 is 2.62 bits per heavy atom. The summed E-state index contributed by atoms with van der Waals surface area (Å²) in [6.45, 7) is -0.214. The van der Waals surface area contributed by atoms with Crippen molar-refractivity contribution >= 4 is 5.97 Å². The normalized spacial score (nSPS) is 16.1. The molecule has 0 amide bonds. The van der Waals surface area contributed by atoms with Crippen molar-refractivity contribution in [2.75, 3.05) is 6.61 Å². The molecule has 0 atom stereocenters. The first-order chi connectivity index (χ1) is 7.70. The van der Waals surface area contributed by atoms with Gasteiger partial charge in [-0.1, -0.05) is 30.0 Å². The summed E-state index contributed by atoms with van der Waals surface area (Å²) < 4.78 is 0. The molecule has 1 aromatic carbocycles. The molecular formula is C13H12O3. The van der Waals surface area contributed by atoms with E-state index in [-0.39, 0.29) is 6.61 Å². The maximum Gasteiger partial charge on any atom is 0.314 e. The van der Waals surface area contributed by atoms with Gasteiger partial charge in [-0.3, -0.25) is 4.79 Å². The van der Waals surface area contributed by atoms with Crippen LogP contribution in [0.2, 0.25) is 0 Å². The lowest BCUT2D eigenvalue weighted by atomic mass is 9.91. The van der Waals surface area contributed by atoms with Gasteiger partial charge in [0.1, 0.15) is 6.61 Å². The fourth-order valence-corrected chi connectivity index (χ4v) is 1.87. The molecule has 2 N–H and O–H groups in total. The number of rotatable bonds is 2. The molecule has 1 saturated carbocycles. The van der Waals surface area contributed by atoms with E-state index >= 15 is 0 Å². The number of aliphatic carboxylic acids is 1. The highest BCUT2D eigenvalue weighted by molar-refractivity contribution is 5.86. The molecule has 0 aliphatic heterocycles. The van der Waals surface area contributed by atoms with Gasteiger partial charge < -0.3 is 10.2 Å². The molecule has 1 aliphatic carbocycles. The van der Waals surface area contributed by atoms with E-state index < -0.39 is 11.4 Å². The summed E-state index contributed by atoms with van der Waals surface area (Å²) >= 11 is 0. The van der Waals surface area contributed by atoms with E-state index in [1.54, 1.807) is 6.07 Å². The van der Waals surface area contributed by atoms with Crippen LogP contribution < -0.4 is 0 Å². The second-order valence-corrected chi connectivity index (χ2v) is 3.89. The van der Waals surface area contributed by atoms with Gasteiger partial charge in [-0.15, -0.1) is 0 Å². The lowest BCUT2D eigenvalue weighted by Crippen LogP contribution is -2.20. The smallest absolute Gasteiger partial charge is 0.314 e. The molecule has 1 aliphatic rings. The molecule has 2 rings (SSSR count). The zero-order valence-electron chi connectivity index (χ0n) is 8.73. The van der Waals surface area contributed by atoms with E-state index in [1.807, 2.05) is 18.2 Å². The number of aliphatic hydroxyl groups is 1. The zero-order valence-corrected chi connectivity index (χ0v) is 8.73. The van der Waals surface area contributed by atoms with Gasteiger partial charge in [0.05, 0.1) is 5.41 Å². The van der Waals surface area contributed by atoms with Crippen LogP contribution in [0.3, 0.4) is 0 Å². The number of aliphatic hydroxyl groups excluding tert-OH is 1. The molecule has 0 spiro atoms. The number of carboxylic acids is 1. The topological polar surface area (TPSA) is 57.5 Å². The molecule has 1 aromatic rings. The second-order valence-electron chi connectivity index (χ2n) is 3.89. The summed E-state index contributed by atoms with van der Waals surface area (Å²) in [5, 5.41) is 17.9. The van der Waals surface area contributed by atoms with Crippen LogP contribution in [-0.2, 0) is 10.2 Å².